The van der Waals surface area contributed by atoms with Crippen LogP contribution in [0.2, 0.25) is 0 Å². The lowest BCUT2D eigenvalue weighted by atomic mass is 9.99. The number of ether oxygens (including phenoxy) is 1. The van der Waals surface area contributed by atoms with E-state index >= 15 is 0 Å². The Kier molecular flexibility index (Phi) is 7.32. The summed E-state index contributed by atoms with van der Waals surface area (Å²) in [4.78, 5) is 23.6. The summed E-state index contributed by atoms with van der Waals surface area (Å²) in [5.74, 6) is 0.00161. The molecule has 0 aliphatic heterocycles. The van der Waals surface area contributed by atoms with Gasteiger partial charge >= 0.3 is 6.09 Å². The fourth-order valence-electron chi connectivity index (χ4n) is 2.01. The summed E-state index contributed by atoms with van der Waals surface area (Å²) < 4.78 is 30.1. The van der Waals surface area contributed by atoms with E-state index < -0.39 is 18.1 Å². The van der Waals surface area contributed by atoms with Crippen LogP contribution in [-0.4, -0.2) is 24.0 Å². The summed E-state index contributed by atoms with van der Waals surface area (Å²) >= 11 is 0. The fourth-order valence-corrected chi connectivity index (χ4v) is 2.01. The molecule has 1 rings (SSSR count). The summed E-state index contributed by atoms with van der Waals surface area (Å²) in [6.07, 6.45) is -2.13. The van der Waals surface area contributed by atoms with Crippen LogP contribution in [0, 0.1) is 5.92 Å². The molecule has 0 saturated heterocycles. The Balaban J connectivity index is 2.37. The van der Waals surface area contributed by atoms with Crippen LogP contribution < -0.4 is 5.32 Å². The second kappa shape index (κ2) is 8.76. The van der Waals surface area contributed by atoms with Crippen LogP contribution in [0.25, 0.3) is 0 Å². The molecule has 0 fully saturated rings. The Morgan fingerprint density at radius 3 is 2.25 bits per heavy atom. The van der Waals surface area contributed by atoms with Crippen molar-refractivity contribution < 1.29 is 23.1 Å². The zero-order chi connectivity index (χ0) is 18.3. The van der Waals surface area contributed by atoms with E-state index in [0.717, 1.165) is 0 Å². The van der Waals surface area contributed by atoms with E-state index in [0.29, 0.717) is 24.9 Å². The molecule has 1 unspecified atom stereocenters. The van der Waals surface area contributed by atoms with Gasteiger partial charge in [-0.1, -0.05) is 31.2 Å². The van der Waals surface area contributed by atoms with Crippen molar-refractivity contribution in [2.24, 2.45) is 5.92 Å². The lowest BCUT2D eigenvalue weighted by Crippen LogP contribution is -2.34. The van der Waals surface area contributed by atoms with Crippen LogP contribution in [0.1, 0.15) is 62.9 Å². The summed E-state index contributed by atoms with van der Waals surface area (Å²) in [5, 5.41) is 2.67. The van der Waals surface area contributed by atoms with Crippen molar-refractivity contribution in [1.29, 1.82) is 0 Å². The quantitative estimate of drug-likeness (QED) is 0.728. The molecule has 0 aliphatic rings. The van der Waals surface area contributed by atoms with E-state index in [1.54, 1.807) is 20.8 Å². The van der Waals surface area contributed by atoms with Gasteiger partial charge in [-0.3, -0.25) is 4.79 Å². The zero-order valence-electron chi connectivity index (χ0n) is 14.6. The number of hydrogen-bond acceptors (Lipinski definition) is 3. The van der Waals surface area contributed by atoms with Gasteiger partial charge in [0.2, 0.25) is 0 Å². The van der Waals surface area contributed by atoms with Gasteiger partial charge in [0.15, 0.2) is 5.78 Å². The molecule has 1 atom stereocenters. The van der Waals surface area contributed by atoms with Crippen molar-refractivity contribution in [3.63, 3.8) is 0 Å². The number of carbonyl (C=O) groups excluding carboxylic acids is 2. The highest BCUT2D eigenvalue weighted by Crippen LogP contribution is 2.19. The van der Waals surface area contributed by atoms with Gasteiger partial charge in [-0.25, -0.2) is 13.6 Å². The van der Waals surface area contributed by atoms with Gasteiger partial charge in [0.05, 0.1) is 0 Å². The first kappa shape index (κ1) is 20.1. The molecule has 0 spiro atoms. The van der Waals surface area contributed by atoms with E-state index in [4.69, 9.17) is 4.74 Å². The molecule has 134 valence electrons. The Hall–Kier alpha value is -1.98. The number of alkyl halides is 2. The van der Waals surface area contributed by atoms with Gasteiger partial charge in [0, 0.05) is 24.1 Å². The molecule has 0 radical (unpaired) electrons. The third kappa shape index (κ3) is 7.53. The number of carbonyl (C=O) groups is 2. The predicted molar refractivity (Wildman–Crippen MR) is 88.4 cm³/mol. The number of ketones is 1. The largest absolute Gasteiger partial charge is 0.444 e. The van der Waals surface area contributed by atoms with E-state index in [9.17, 15) is 18.4 Å². The van der Waals surface area contributed by atoms with Gasteiger partial charge in [-0.2, -0.15) is 0 Å². The Labute approximate surface area is 141 Å². The molecule has 0 saturated carbocycles. The van der Waals surface area contributed by atoms with E-state index in [1.165, 1.54) is 24.3 Å². The van der Waals surface area contributed by atoms with Crippen molar-refractivity contribution >= 4 is 11.9 Å². The highest BCUT2D eigenvalue weighted by atomic mass is 19.3. The monoisotopic (exact) mass is 341 g/mol. The second-order valence-electron chi connectivity index (χ2n) is 6.87. The third-order valence-electron chi connectivity index (χ3n) is 3.34. The standard InChI is InChI=1S/C18H25F2NO3/c1-12(11-21-17(23)24-18(2,3)4)5-10-15(22)13-6-8-14(9-7-13)16(19)20/h6-9,12,16H,5,10-11H2,1-4H3,(H,21,23). The lowest BCUT2D eigenvalue weighted by molar-refractivity contribution is 0.0520. The number of benzene rings is 1. The Bertz CT molecular complexity index is 550. The highest BCUT2D eigenvalue weighted by Gasteiger charge is 2.17. The molecule has 1 aromatic carbocycles. The Morgan fingerprint density at radius 1 is 1.17 bits per heavy atom. The second-order valence-corrected chi connectivity index (χ2v) is 6.87. The molecule has 4 nitrogen and oxygen atoms in total. The number of nitrogens with one attached hydrogen (secondary N) is 1. The molecular formula is C18H25F2NO3. The molecule has 0 bridgehead atoms. The first-order valence-corrected chi connectivity index (χ1v) is 7.96. The minimum absolute atomic E-state index is 0.0959. The van der Waals surface area contributed by atoms with Gasteiger partial charge in [0.25, 0.3) is 6.43 Å². The molecule has 0 aliphatic carbocycles. The van der Waals surface area contributed by atoms with Crippen LogP contribution in [0.15, 0.2) is 24.3 Å². The van der Waals surface area contributed by atoms with Crippen LogP contribution in [0.3, 0.4) is 0 Å². The maximum atomic E-state index is 12.5. The molecule has 1 amide bonds. The molecule has 6 heteroatoms. The maximum absolute atomic E-state index is 12.5. The third-order valence-corrected chi connectivity index (χ3v) is 3.34. The topological polar surface area (TPSA) is 55.4 Å². The lowest BCUT2D eigenvalue weighted by Gasteiger charge is -2.20. The Morgan fingerprint density at radius 2 is 1.75 bits per heavy atom. The van der Waals surface area contributed by atoms with E-state index in [-0.39, 0.29) is 17.3 Å². The molecule has 1 N–H and O–H groups in total. The smallest absolute Gasteiger partial charge is 0.407 e. The number of amides is 1. The summed E-state index contributed by atoms with van der Waals surface area (Å²) in [7, 11) is 0. The molecule has 24 heavy (non-hydrogen) atoms. The van der Waals surface area contributed by atoms with Crippen LogP contribution in [-0.2, 0) is 4.74 Å². The van der Waals surface area contributed by atoms with Gasteiger partial charge < -0.3 is 10.1 Å². The molecule has 1 aromatic rings. The minimum Gasteiger partial charge on any atom is -0.444 e. The highest BCUT2D eigenvalue weighted by molar-refractivity contribution is 5.96. The fraction of sp³-hybridized carbons (Fsp3) is 0.556. The molecule has 0 heterocycles. The van der Waals surface area contributed by atoms with Gasteiger partial charge in [0.1, 0.15) is 5.60 Å². The number of alkyl carbamates (subject to hydrolysis) is 1. The summed E-state index contributed by atoms with van der Waals surface area (Å²) in [6, 6.07) is 5.39. The van der Waals surface area contributed by atoms with Crippen molar-refractivity contribution in [2.75, 3.05) is 6.54 Å². The minimum atomic E-state index is -2.53. The average molecular weight is 341 g/mol. The number of hydrogen-bond donors (Lipinski definition) is 1. The van der Waals surface area contributed by atoms with Crippen molar-refractivity contribution in [1.82, 2.24) is 5.32 Å². The number of Topliss-reactive ketones (excluding diaryl/α,β-unsaturated/α-hetero) is 1. The van der Waals surface area contributed by atoms with Crippen LogP contribution in [0.5, 0.6) is 0 Å². The number of halogens is 2. The van der Waals surface area contributed by atoms with E-state index in [2.05, 4.69) is 5.32 Å². The van der Waals surface area contributed by atoms with E-state index in [1.807, 2.05) is 6.92 Å². The first-order chi connectivity index (χ1) is 11.1. The summed E-state index contributed by atoms with van der Waals surface area (Å²) in [6.45, 7) is 7.69. The van der Waals surface area contributed by atoms with Crippen molar-refractivity contribution in [2.45, 2.75) is 52.6 Å². The normalized spacial score (nSPS) is 12.8. The average Bonchev–Trinajstić information content (AvgIpc) is 2.49. The maximum Gasteiger partial charge on any atom is 0.407 e. The zero-order valence-corrected chi connectivity index (χ0v) is 14.6. The van der Waals surface area contributed by atoms with Gasteiger partial charge in [-0.15, -0.1) is 0 Å². The van der Waals surface area contributed by atoms with Crippen molar-refractivity contribution in [3.05, 3.63) is 35.4 Å². The predicted octanol–water partition coefficient (Wildman–Crippen LogP) is 4.75. The van der Waals surface area contributed by atoms with Crippen LogP contribution >= 0.6 is 0 Å². The summed E-state index contributed by atoms with van der Waals surface area (Å²) in [5.41, 5.74) is -0.221. The first-order valence-electron chi connectivity index (χ1n) is 7.96. The number of rotatable bonds is 7. The van der Waals surface area contributed by atoms with Gasteiger partial charge in [-0.05, 0) is 33.1 Å². The molecule has 0 aromatic heterocycles. The van der Waals surface area contributed by atoms with Crippen LogP contribution in [0.4, 0.5) is 13.6 Å². The molecular weight excluding hydrogens is 316 g/mol. The SMILES string of the molecule is CC(CCC(=O)c1ccc(C(F)F)cc1)CNC(=O)OC(C)(C)C. The van der Waals surface area contributed by atoms with Crippen molar-refractivity contribution in [3.8, 4) is 0 Å².